The number of dihydropyridines is 1. The number of nitro groups is 1. The molecule has 0 bridgehead atoms. The fourth-order valence-corrected chi connectivity index (χ4v) is 3.97. The molecule has 5 heteroatoms. The van der Waals surface area contributed by atoms with Gasteiger partial charge in [-0.15, -0.1) is 0 Å². The van der Waals surface area contributed by atoms with Crippen molar-refractivity contribution in [2.45, 2.75) is 19.8 Å². The summed E-state index contributed by atoms with van der Waals surface area (Å²) in [7, 11) is 0. The number of hydrogen-bond acceptors (Lipinski definition) is 4. The summed E-state index contributed by atoms with van der Waals surface area (Å²) in [5.41, 5.74) is 4.35. The van der Waals surface area contributed by atoms with Gasteiger partial charge in [0.25, 0.3) is 5.70 Å². The molecule has 1 aliphatic rings. The second-order valence-electron chi connectivity index (χ2n) is 7.59. The van der Waals surface area contributed by atoms with E-state index >= 15 is 0 Å². The van der Waals surface area contributed by atoms with Crippen molar-refractivity contribution in [1.82, 2.24) is 5.32 Å². The minimum absolute atomic E-state index is 0.0292. The van der Waals surface area contributed by atoms with Gasteiger partial charge in [-0.3, -0.25) is 14.9 Å². The molecule has 1 heterocycles. The number of carbonyl (C=O) groups excluding carboxylic acids is 1. The van der Waals surface area contributed by atoms with E-state index < -0.39 is 5.92 Å². The minimum Gasteiger partial charge on any atom is -0.353 e. The number of ketones is 1. The molecule has 3 aromatic carbocycles. The normalized spacial score (nSPS) is 16.1. The van der Waals surface area contributed by atoms with Crippen LogP contribution in [-0.2, 0) is 0 Å². The quantitative estimate of drug-likeness (QED) is 0.343. The number of nitrogens with zero attached hydrogens (tertiary/aromatic N) is 1. The predicted molar refractivity (Wildman–Crippen MR) is 121 cm³/mol. The van der Waals surface area contributed by atoms with E-state index in [9.17, 15) is 14.9 Å². The second-order valence-corrected chi connectivity index (χ2v) is 7.59. The molecule has 31 heavy (non-hydrogen) atoms. The molecule has 1 aliphatic heterocycles. The van der Waals surface area contributed by atoms with Gasteiger partial charge in [0.2, 0.25) is 0 Å². The zero-order chi connectivity index (χ0) is 22.0. The van der Waals surface area contributed by atoms with Crippen molar-refractivity contribution in [2.24, 2.45) is 0 Å². The molecule has 1 unspecified atom stereocenters. The van der Waals surface area contributed by atoms with Crippen LogP contribution in [0.1, 0.15) is 39.9 Å². The molecule has 1 atom stereocenters. The Morgan fingerprint density at radius 2 is 1.45 bits per heavy atom. The average molecular weight is 410 g/mol. The van der Waals surface area contributed by atoms with Gasteiger partial charge >= 0.3 is 0 Å². The third-order valence-corrected chi connectivity index (χ3v) is 5.49. The summed E-state index contributed by atoms with van der Waals surface area (Å²) in [4.78, 5) is 25.6. The molecule has 154 valence electrons. The molecule has 0 radical (unpaired) electrons. The van der Waals surface area contributed by atoms with Crippen molar-refractivity contribution in [2.75, 3.05) is 0 Å². The Labute approximate surface area is 180 Å². The topological polar surface area (TPSA) is 72.2 Å². The molecule has 5 nitrogen and oxygen atoms in total. The maximum absolute atomic E-state index is 13.6. The van der Waals surface area contributed by atoms with Gasteiger partial charge in [-0.25, -0.2) is 0 Å². The van der Waals surface area contributed by atoms with Gasteiger partial charge in [0, 0.05) is 22.4 Å². The summed E-state index contributed by atoms with van der Waals surface area (Å²) < 4.78 is 0. The summed E-state index contributed by atoms with van der Waals surface area (Å²) >= 11 is 0. The van der Waals surface area contributed by atoms with Crippen LogP contribution in [0.25, 0.3) is 5.70 Å². The van der Waals surface area contributed by atoms with Crippen LogP contribution in [0, 0.1) is 17.0 Å². The maximum Gasteiger partial charge on any atom is 0.282 e. The van der Waals surface area contributed by atoms with Gasteiger partial charge in [0.1, 0.15) is 11.6 Å². The first-order valence-corrected chi connectivity index (χ1v) is 10.1. The van der Waals surface area contributed by atoms with E-state index in [4.69, 9.17) is 0 Å². The minimum atomic E-state index is -0.790. The number of benzene rings is 3. The van der Waals surface area contributed by atoms with E-state index in [2.05, 4.69) is 5.32 Å². The molecule has 0 saturated heterocycles. The van der Waals surface area contributed by atoms with Gasteiger partial charge < -0.3 is 5.32 Å². The van der Waals surface area contributed by atoms with Crippen molar-refractivity contribution < 1.29 is 9.72 Å². The number of aryl methyl sites for hydroxylation is 1. The van der Waals surface area contributed by atoms with Gasteiger partial charge in [-0.2, -0.15) is 0 Å². The maximum atomic E-state index is 13.6. The van der Waals surface area contributed by atoms with Crippen LogP contribution < -0.4 is 5.32 Å². The van der Waals surface area contributed by atoms with Crippen LogP contribution in [-0.4, -0.2) is 10.7 Å². The highest BCUT2D eigenvalue weighted by Crippen LogP contribution is 2.42. The lowest BCUT2D eigenvalue weighted by molar-refractivity contribution is -0.428. The van der Waals surface area contributed by atoms with E-state index in [1.165, 1.54) is 0 Å². The molecule has 0 saturated carbocycles. The van der Waals surface area contributed by atoms with Gasteiger partial charge in [-0.1, -0.05) is 90.5 Å². The molecular formula is C26H22N2O3. The summed E-state index contributed by atoms with van der Waals surface area (Å²) in [6.07, 6.45) is 0. The van der Waals surface area contributed by atoms with Crippen LogP contribution >= 0.6 is 0 Å². The van der Waals surface area contributed by atoms with Crippen LogP contribution in [0.3, 0.4) is 0 Å². The Bertz CT molecular complexity index is 1190. The largest absolute Gasteiger partial charge is 0.353 e. The molecule has 4 rings (SSSR count). The smallest absolute Gasteiger partial charge is 0.282 e. The van der Waals surface area contributed by atoms with Crippen LogP contribution in [0.2, 0.25) is 0 Å². The summed E-state index contributed by atoms with van der Waals surface area (Å²) in [5, 5.41) is 15.5. The first-order chi connectivity index (χ1) is 15.0. The van der Waals surface area contributed by atoms with Crippen molar-refractivity contribution >= 4 is 11.5 Å². The van der Waals surface area contributed by atoms with E-state index in [-0.39, 0.29) is 16.4 Å². The van der Waals surface area contributed by atoms with E-state index in [1.54, 1.807) is 19.1 Å². The summed E-state index contributed by atoms with van der Waals surface area (Å²) in [6.45, 7) is 3.75. The first-order valence-electron chi connectivity index (χ1n) is 10.1. The second kappa shape index (κ2) is 8.40. The molecule has 1 N–H and O–H groups in total. The SMILES string of the molecule is CC1=C(C(=O)c2ccc(C)cc2)C(c2ccccc2)C([N+](=O)[O-])=C(c2ccccc2)N1. The summed E-state index contributed by atoms with van der Waals surface area (Å²) in [6, 6.07) is 25.7. The molecule has 3 aromatic rings. The Kier molecular flexibility index (Phi) is 5.50. The molecule has 0 aromatic heterocycles. The van der Waals surface area contributed by atoms with E-state index in [0.29, 0.717) is 33.7 Å². The molecule has 0 fully saturated rings. The molecule has 0 aliphatic carbocycles. The number of rotatable bonds is 5. The predicted octanol–water partition coefficient (Wildman–Crippen LogP) is 5.48. The van der Waals surface area contributed by atoms with E-state index in [1.807, 2.05) is 79.7 Å². The Morgan fingerprint density at radius 1 is 0.871 bits per heavy atom. The molecular weight excluding hydrogens is 388 g/mol. The Hall–Kier alpha value is -3.99. The third kappa shape index (κ3) is 3.90. The molecule has 0 amide bonds. The number of carbonyl (C=O) groups is 1. The lowest BCUT2D eigenvalue weighted by Crippen LogP contribution is -2.31. The average Bonchev–Trinajstić information content (AvgIpc) is 2.79. The van der Waals surface area contributed by atoms with E-state index in [0.717, 1.165) is 5.56 Å². The Morgan fingerprint density at radius 3 is 2.03 bits per heavy atom. The van der Waals surface area contributed by atoms with Crippen molar-refractivity contribution in [3.63, 3.8) is 0 Å². The van der Waals surface area contributed by atoms with Gasteiger partial charge in [0.05, 0.1) is 4.92 Å². The number of hydrogen-bond donors (Lipinski definition) is 1. The molecule has 0 spiro atoms. The third-order valence-electron chi connectivity index (χ3n) is 5.49. The summed E-state index contributed by atoms with van der Waals surface area (Å²) in [5.74, 6) is -1.01. The van der Waals surface area contributed by atoms with Crippen molar-refractivity contribution in [3.8, 4) is 0 Å². The number of Topliss-reactive ketones (excluding diaryl/α,β-unsaturated/α-hetero) is 1. The van der Waals surface area contributed by atoms with Gasteiger partial charge in [0.15, 0.2) is 5.78 Å². The number of allylic oxidation sites excluding steroid dienone is 2. The number of nitrogens with one attached hydrogen (secondary N) is 1. The highest BCUT2D eigenvalue weighted by Gasteiger charge is 2.41. The van der Waals surface area contributed by atoms with Crippen LogP contribution in [0.5, 0.6) is 0 Å². The Balaban J connectivity index is 1.94. The zero-order valence-corrected chi connectivity index (χ0v) is 17.3. The fraction of sp³-hybridized carbons (Fsp3) is 0.115. The van der Waals surface area contributed by atoms with Crippen LogP contribution in [0.15, 0.2) is 102 Å². The van der Waals surface area contributed by atoms with Crippen molar-refractivity contribution in [3.05, 3.63) is 134 Å². The monoisotopic (exact) mass is 410 g/mol. The van der Waals surface area contributed by atoms with Crippen LogP contribution in [0.4, 0.5) is 0 Å². The highest BCUT2D eigenvalue weighted by atomic mass is 16.6. The standard InChI is InChI=1S/C26H22N2O3/c1-17-13-15-21(16-14-17)26(29)22-18(2)27-24(20-11-7-4-8-12-20)25(28(30)31)23(22)19-9-5-3-6-10-19/h3-16,23,27H,1-2H3. The van der Waals surface area contributed by atoms with Crippen molar-refractivity contribution in [1.29, 1.82) is 0 Å². The fourth-order valence-electron chi connectivity index (χ4n) is 3.97. The highest BCUT2D eigenvalue weighted by molar-refractivity contribution is 6.11. The lowest BCUT2D eigenvalue weighted by atomic mass is 9.79. The van der Waals surface area contributed by atoms with Gasteiger partial charge in [-0.05, 0) is 19.4 Å². The lowest BCUT2D eigenvalue weighted by Gasteiger charge is -2.28. The zero-order valence-electron chi connectivity index (χ0n) is 17.3. The first kappa shape index (κ1) is 20.3.